The second kappa shape index (κ2) is 4.40. The number of fused-ring (bicyclic) bond motifs is 1. The molecule has 0 saturated heterocycles. The third kappa shape index (κ3) is 2.34. The van der Waals surface area contributed by atoms with Crippen molar-refractivity contribution in [2.24, 2.45) is 5.73 Å². The van der Waals surface area contributed by atoms with Gasteiger partial charge in [-0.05, 0) is 31.4 Å². The van der Waals surface area contributed by atoms with E-state index in [0.29, 0.717) is 17.9 Å². The zero-order valence-corrected chi connectivity index (χ0v) is 10.5. The topological polar surface area (TPSA) is 81.8 Å². The molecule has 1 aliphatic heterocycles. The quantitative estimate of drug-likeness (QED) is 0.849. The number of hydrogen-bond donors (Lipinski definition) is 2. The van der Waals surface area contributed by atoms with Crippen LogP contribution in [0.2, 0.25) is 0 Å². The summed E-state index contributed by atoms with van der Waals surface area (Å²) in [6.45, 7) is 1.86. The van der Waals surface area contributed by atoms with Gasteiger partial charge in [-0.3, -0.25) is 4.79 Å². The third-order valence-corrected chi connectivity index (χ3v) is 3.19. The van der Waals surface area contributed by atoms with E-state index in [9.17, 15) is 9.90 Å². The Balaban J connectivity index is 2.30. The van der Waals surface area contributed by atoms with E-state index in [4.69, 9.17) is 15.2 Å². The number of ether oxygens (including phenoxy) is 2. The Bertz CT molecular complexity index is 486. The van der Waals surface area contributed by atoms with E-state index in [1.54, 1.807) is 12.1 Å². The summed E-state index contributed by atoms with van der Waals surface area (Å²) >= 11 is 0. The fourth-order valence-corrected chi connectivity index (χ4v) is 2.26. The minimum Gasteiger partial charge on any atom is -0.504 e. The van der Waals surface area contributed by atoms with Crippen molar-refractivity contribution in [1.82, 2.24) is 0 Å². The first-order valence-electron chi connectivity index (χ1n) is 5.81. The van der Waals surface area contributed by atoms with Gasteiger partial charge in [-0.2, -0.15) is 0 Å². The number of amides is 1. The zero-order valence-electron chi connectivity index (χ0n) is 10.5. The van der Waals surface area contributed by atoms with Crippen LogP contribution in [0, 0.1) is 0 Å². The molecule has 1 aromatic carbocycles. The highest BCUT2D eigenvalue weighted by atomic mass is 16.5. The summed E-state index contributed by atoms with van der Waals surface area (Å²) in [6, 6.07) is 3.28. The molecule has 98 valence electrons. The molecule has 0 bridgehead atoms. The van der Waals surface area contributed by atoms with E-state index in [1.807, 2.05) is 6.92 Å². The summed E-state index contributed by atoms with van der Waals surface area (Å²) in [5.74, 6) is 0.710. The van der Waals surface area contributed by atoms with Gasteiger partial charge in [-0.1, -0.05) is 0 Å². The fourth-order valence-electron chi connectivity index (χ4n) is 2.26. The van der Waals surface area contributed by atoms with E-state index >= 15 is 0 Å². The van der Waals surface area contributed by atoms with E-state index in [2.05, 4.69) is 0 Å². The van der Waals surface area contributed by atoms with Crippen molar-refractivity contribution in [3.8, 4) is 17.2 Å². The molecule has 2 rings (SSSR count). The number of carbonyl (C=O) groups is 1. The van der Waals surface area contributed by atoms with Crippen molar-refractivity contribution >= 4 is 5.91 Å². The largest absolute Gasteiger partial charge is 0.504 e. The Morgan fingerprint density at radius 3 is 2.94 bits per heavy atom. The number of aromatic hydroxyl groups is 1. The van der Waals surface area contributed by atoms with Crippen LogP contribution in [0.3, 0.4) is 0 Å². The number of methoxy groups -OCH3 is 1. The van der Waals surface area contributed by atoms with Crippen molar-refractivity contribution in [1.29, 1.82) is 0 Å². The van der Waals surface area contributed by atoms with Crippen LogP contribution in [0.4, 0.5) is 0 Å². The van der Waals surface area contributed by atoms with Gasteiger partial charge in [0.1, 0.15) is 11.4 Å². The van der Waals surface area contributed by atoms with Crippen LogP contribution in [0.15, 0.2) is 12.1 Å². The van der Waals surface area contributed by atoms with Crippen LogP contribution in [-0.4, -0.2) is 23.7 Å². The average molecular weight is 251 g/mol. The van der Waals surface area contributed by atoms with E-state index in [0.717, 1.165) is 12.0 Å². The Morgan fingerprint density at radius 2 is 2.33 bits per heavy atom. The van der Waals surface area contributed by atoms with Gasteiger partial charge in [0.15, 0.2) is 11.5 Å². The second-order valence-electron chi connectivity index (χ2n) is 4.83. The van der Waals surface area contributed by atoms with E-state index < -0.39 is 5.60 Å². The lowest BCUT2D eigenvalue weighted by Gasteiger charge is -2.35. The van der Waals surface area contributed by atoms with Crippen LogP contribution in [0.25, 0.3) is 0 Å². The first-order valence-corrected chi connectivity index (χ1v) is 5.81. The fraction of sp³-hybridized carbons (Fsp3) is 0.462. The summed E-state index contributed by atoms with van der Waals surface area (Å²) in [7, 11) is 1.48. The molecule has 0 radical (unpaired) electrons. The SMILES string of the molecule is COc1cc2c(cc1O)CCC(C)(CC(N)=O)O2. The van der Waals surface area contributed by atoms with Crippen molar-refractivity contribution in [2.75, 3.05) is 7.11 Å². The smallest absolute Gasteiger partial charge is 0.221 e. The van der Waals surface area contributed by atoms with Gasteiger partial charge in [-0.15, -0.1) is 0 Å². The third-order valence-electron chi connectivity index (χ3n) is 3.19. The molecule has 1 heterocycles. The summed E-state index contributed by atoms with van der Waals surface area (Å²) < 4.78 is 10.9. The standard InChI is InChI=1S/C13H17NO4/c1-13(7-12(14)16)4-3-8-5-9(15)11(17-2)6-10(8)18-13/h5-6,15H,3-4,7H2,1-2H3,(H2,14,16). The summed E-state index contributed by atoms with van der Waals surface area (Å²) in [6.07, 6.45) is 1.60. The molecule has 1 amide bonds. The number of primary amides is 1. The highest BCUT2D eigenvalue weighted by Crippen LogP contribution is 2.41. The van der Waals surface area contributed by atoms with Gasteiger partial charge >= 0.3 is 0 Å². The molecular weight excluding hydrogens is 234 g/mol. The molecule has 0 fully saturated rings. The maximum absolute atomic E-state index is 11.0. The summed E-state index contributed by atoms with van der Waals surface area (Å²) in [5.41, 5.74) is 5.55. The molecule has 1 aromatic rings. The number of rotatable bonds is 3. The molecular formula is C13H17NO4. The molecule has 0 aromatic heterocycles. The van der Waals surface area contributed by atoms with Crippen LogP contribution in [0.5, 0.6) is 17.2 Å². The van der Waals surface area contributed by atoms with Gasteiger partial charge in [-0.25, -0.2) is 0 Å². The predicted molar refractivity (Wildman–Crippen MR) is 65.8 cm³/mol. The first kappa shape index (κ1) is 12.5. The van der Waals surface area contributed by atoms with Crippen LogP contribution in [-0.2, 0) is 11.2 Å². The molecule has 0 aliphatic carbocycles. The Morgan fingerprint density at radius 1 is 1.61 bits per heavy atom. The minimum absolute atomic E-state index is 0.0957. The molecule has 1 atom stereocenters. The molecule has 0 spiro atoms. The normalized spacial score (nSPS) is 21.9. The molecule has 1 aliphatic rings. The lowest BCUT2D eigenvalue weighted by Crippen LogP contribution is -2.40. The molecule has 3 N–H and O–H groups in total. The van der Waals surface area contributed by atoms with Crippen molar-refractivity contribution in [3.63, 3.8) is 0 Å². The molecule has 5 heteroatoms. The van der Waals surface area contributed by atoms with Crippen LogP contribution < -0.4 is 15.2 Å². The maximum Gasteiger partial charge on any atom is 0.221 e. The summed E-state index contributed by atoms with van der Waals surface area (Å²) in [5, 5.41) is 9.69. The van der Waals surface area contributed by atoms with Gasteiger partial charge in [0.05, 0.1) is 13.5 Å². The van der Waals surface area contributed by atoms with Crippen LogP contribution in [0.1, 0.15) is 25.3 Å². The lowest BCUT2D eigenvalue weighted by molar-refractivity contribution is -0.122. The Kier molecular flexibility index (Phi) is 3.07. The van der Waals surface area contributed by atoms with Gasteiger partial charge in [0, 0.05) is 6.07 Å². The monoisotopic (exact) mass is 251 g/mol. The van der Waals surface area contributed by atoms with Gasteiger partial charge in [0.2, 0.25) is 5.91 Å². The predicted octanol–water partition coefficient (Wildman–Crippen LogP) is 1.36. The number of nitrogens with two attached hydrogens (primary N) is 1. The second-order valence-corrected chi connectivity index (χ2v) is 4.83. The maximum atomic E-state index is 11.0. The van der Waals surface area contributed by atoms with E-state index in [-0.39, 0.29) is 18.1 Å². The molecule has 18 heavy (non-hydrogen) atoms. The van der Waals surface area contributed by atoms with Gasteiger partial charge < -0.3 is 20.3 Å². The van der Waals surface area contributed by atoms with E-state index in [1.165, 1.54) is 7.11 Å². The van der Waals surface area contributed by atoms with Crippen LogP contribution >= 0.6 is 0 Å². The highest BCUT2D eigenvalue weighted by molar-refractivity contribution is 5.75. The van der Waals surface area contributed by atoms with Crippen molar-refractivity contribution in [3.05, 3.63) is 17.7 Å². The number of phenols is 1. The van der Waals surface area contributed by atoms with Crippen molar-refractivity contribution < 1.29 is 19.4 Å². The number of carbonyl (C=O) groups excluding carboxylic acids is 1. The Hall–Kier alpha value is -1.91. The molecule has 1 unspecified atom stereocenters. The average Bonchev–Trinajstić information content (AvgIpc) is 2.27. The molecule has 0 saturated carbocycles. The molecule has 5 nitrogen and oxygen atoms in total. The number of hydrogen-bond acceptors (Lipinski definition) is 4. The minimum atomic E-state index is -0.583. The lowest BCUT2D eigenvalue weighted by atomic mass is 9.89. The number of aryl methyl sites for hydroxylation is 1. The number of phenolic OH excluding ortho intramolecular Hbond substituents is 1. The zero-order chi connectivity index (χ0) is 13.3. The Labute approximate surface area is 106 Å². The van der Waals surface area contributed by atoms with Crippen molar-refractivity contribution in [2.45, 2.75) is 31.8 Å². The summed E-state index contributed by atoms with van der Waals surface area (Å²) in [4.78, 5) is 11.0. The number of benzene rings is 1. The first-order chi connectivity index (χ1) is 8.43. The highest BCUT2D eigenvalue weighted by Gasteiger charge is 2.33. The van der Waals surface area contributed by atoms with Gasteiger partial charge in [0.25, 0.3) is 0 Å².